The van der Waals surface area contributed by atoms with Crippen molar-refractivity contribution in [3.05, 3.63) is 16.0 Å². The van der Waals surface area contributed by atoms with Gasteiger partial charge in [-0.25, -0.2) is 9.97 Å². The van der Waals surface area contributed by atoms with Crippen LogP contribution in [0.5, 0.6) is 0 Å². The lowest BCUT2D eigenvalue weighted by atomic mass is 10.2. The smallest absolute Gasteiger partial charge is 0.141 e. The van der Waals surface area contributed by atoms with E-state index in [-0.39, 0.29) is 0 Å². The van der Waals surface area contributed by atoms with Crippen LogP contribution in [0.1, 0.15) is 30.3 Å². The van der Waals surface area contributed by atoms with Gasteiger partial charge in [-0.15, -0.1) is 0 Å². The van der Waals surface area contributed by atoms with E-state index in [0.29, 0.717) is 11.7 Å². The monoisotopic (exact) mass is 284 g/mol. The molecule has 2 rings (SSSR count). The summed E-state index contributed by atoms with van der Waals surface area (Å²) in [7, 11) is 4.09. The molecule has 1 fully saturated rings. The fourth-order valence-electron chi connectivity index (χ4n) is 1.60. The Labute approximate surface area is 104 Å². The molecule has 0 unspecified atom stereocenters. The fourth-order valence-corrected chi connectivity index (χ4v) is 2.10. The van der Waals surface area contributed by atoms with Gasteiger partial charge in [-0.3, -0.25) is 0 Å². The number of hydrogen-bond donors (Lipinski definition) is 1. The molecule has 1 aliphatic rings. The number of nitrogen functional groups attached to an aromatic ring is 1. The number of halogens is 1. The van der Waals surface area contributed by atoms with Crippen molar-refractivity contribution in [1.29, 1.82) is 0 Å². The maximum Gasteiger partial charge on any atom is 0.141 e. The average Bonchev–Trinajstić information content (AvgIpc) is 3.03. The van der Waals surface area contributed by atoms with Crippen LogP contribution in [0.4, 0.5) is 5.82 Å². The van der Waals surface area contributed by atoms with Gasteiger partial charge in [0.1, 0.15) is 11.6 Å². The summed E-state index contributed by atoms with van der Waals surface area (Å²) >= 11 is 3.47. The van der Waals surface area contributed by atoms with Gasteiger partial charge in [0.2, 0.25) is 0 Å². The van der Waals surface area contributed by atoms with Crippen molar-refractivity contribution in [3.8, 4) is 0 Å². The molecule has 88 valence electrons. The molecular formula is C11H17BrN4. The highest BCUT2D eigenvalue weighted by Crippen LogP contribution is 2.43. The van der Waals surface area contributed by atoms with Gasteiger partial charge in [-0.2, -0.15) is 0 Å². The minimum Gasteiger partial charge on any atom is -0.383 e. The SMILES string of the molecule is CN(C)CCc1nc(N)c(Br)c(C2CC2)n1. The summed E-state index contributed by atoms with van der Waals surface area (Å²) in [5.41, 5.74) is 6.98. The summed E-state index contributed by atoms with van der Waals surface area (Å²) in [6.45, 7) is 0.950. The highest BCUT2D eigenvalue weighted by Gasteiger charge is 2.28. The van der Waals surface area contributed by atoms with Gasteiger partial charge in [0, 0.05) is 18.9 Å². The zero-order valence-corrected chi connectivity index (χ0v) is 11.3. The number of nitrogens with zero attached hydrogens (tertiary/aromatic N) is 3. The second-order valence-electron chi connectivity index (χ2n) is 4.55. The highest BCUT2D eigenvalue weighted by molar-refractivity contribution is 9.10. The Bertz CT molecular complexity index is 388. The van der Waals surface area contributed by atoms with Gasteiger partial charge in [0.25, 0.3) is 0 Å². The molecule has 1 saturated carbocycles. The molecule has 16 heavy (non-hydrogen) atoms. The van der Waals surface area contributed by atoms with E-state index in [1.807, 2.05) is 14.1 Å². The Morgan fingerprint density at radius 1 is 1.38 bits per heavy atom. The van der Waals surface area contributed by atoms with Crippen molar-refractivity contribution >= 4 is 21.7 Å². The molecule has 0 radical (unpaired) electrons. The van der Waals surface area contributed by atoms with E-state index in [2.05, 4.69) is 30.8 Å². The minimum absolute atomic E-state index is 0.575. The Morgan fingerprint density at radius 3 is 2.62 bits per heavy atom. The summed E-state index contributed by atoms with van der Waals surface area (Å²) in [4.78, 5) is 11.0. The highest BCUT2D eigenvalue weighted by atomic mass is 79.9. The lowest BCUT2D eigenvalue weighted by Gasteiger charge is -2.11. The Morgan fingerprint density at radius 2 is 2.06 bits per heavy atom. The molecule has 4 nitrogen and oxygen atoms in total. The number of aromatic nitrogens is 2. The van der Waals surface area contributed by atoms with Crippen LogP contribution in [0.15, 0.2) is 4.47 Å². The Kier molecular flexibility index (Phi) is 3.44. The van der Waals surface area contributed by atoms with Crippen LogP contribution in [-0.2, 0) is 6.42 Å². The van der Waals surface area contributed by atoms with E-state index in [0.717, 1.165) is 29.0 Å². The van der Waals surface area contributed by atoms with Gasteiger partial charge in [-0.1, -0.05) is 0 Å². The number of likely N-dealkylation sites (N-methyl/N-ethyl adjacent to an activating group) is 1. The standard InChI is InChI=1S/C11H17BrN4/c1-16(2)6-5-8-14-10(7-3-4-7)9(12)11(13)15-8/h7H,3-6H2,1-2H3,(H2,13,14,15). The van der Waals surface area contributed by atoms with E-state index in [1.54, 1.807) is 0 Å². The number of rotatable bonds is 4. The van der Waals surface area contributed by atoms with Crippen molar-refractivity contribution < 1.29 is 0 Å². The summed E-state index contributed by atoms with van der Waals surface area (Å²) in [5, 5.41) is 0. The molecule has 1 aromatic rings. The minimum atomic E-state index is 0.575. The van der Waals surface area contributed by atoms with Crippen LogP contribution in [0.3, 0.4) is 0 Å². The van der Waals surface area contributed by atoms with Gasteiger partial charge in [-0.05, 0) is 42.9 Å². The van der Waals surface area contributed by atoms with Crippen molar-refractivity contribution in [3.63, 3.8) is 0 Å². The maximum atomic E-state index is 5.88. The normalized spacial score (nSPS) is 15.8. The molecule has 1 heterocycles. The van der Waals surface area contributed by atoms with Crippen LogP contribution < -0.4 is 5.73 Å². The third kappa shape index (κ3) is 2.71. The molecule has 0 saturated heterocycles. The molecule has 0 atom stereocenters. The first kappa shape index (κ1) is 11.8. The second kappa shape index (κ2) is 4.67. The molecule has 1 aromatic heterocycles. The first-order chi connectivity index (χ1) is 7.58. The van der Waals surface area contributed by atoms with E-state index >= 15 is 0 Å². The number of hydrogen-bond acceptors (Lipinski definition) is 4. The molecule has 0 amide bonds. The molecule has 5 heteroatoms. The largest absolute Gasteiger partial charge is 0.383 e. The predicted octanol–water partition coefficient (Wildman–Crippen LogP) is 1.80. The van der Waals surface area contributed by atoms with Crippen LogP contribution >= 0.6 is 15.9 Å². The van der Waals surface area contributed by atoms with Gasteiger partial charge >= 0.3 is 0 Å². The Balaban J connectivity index is 2.19. The molecule has 1 aliphatic carbocycles. The fraction of sp³-hybridized carbons (Fsp3) is 0.636. The maximum absolute atomic E-state index is 5.88. The first-order valence-electron chi connectivity index (χ1n) is 5.54. The van der Waals surface area contributed by atoms with E-state index in [9.17, 15) is 0 Å². The molecule has 0 aromatic carbocycles. The van der Waals surface area contributed by atoms with Gasteiger partial charge in [0.05, 0.1) is 10.2 Å². The molecule has 2 N–H and O–H groups in total. The molecule has 0 spiro atoms. The topological polar surface area (TPSA) is 55.0 Å². The van der Waals surface area contributed by atoms with Crippen molar-refractivity contribution in [1.82, 2.24) is 14.9 Å². The summed E-state index contributed by atoms with van der Waals surface area (Å²) in [5.74, 6) is 2.03. The first-order valence-corrected chi connectivity index (χ1v) is 6.33. The number of anilines is 1. The third-order valence-corrected chi connectivity index (χ3v) is 3.51. The quantitative estimate of drug-likeness (QED) is 0.916. The average molecular weight is 285 g/mol. The molecular weight excluding hydrogens is 268 g/mol. The van der Waals surface area contributed by atoms with Gasteiger partial charge in [0.15, 0.2) is 0 Å². The van der Waals surface area contributed by atoms with E-state index in [1.165, 1.54) is 12.8 Å². The van der Waals surface area contributed by atoms with Crippen LogP contribution in [0.2, 0.25) is 0 Å². The second-order valence-corrected chi connectivity index (χ2v) is 5.34. The van der Waals surface area contributed by atoms with E-state index < -0.39 is 0 Å². The molecule has 0 bridgehead atoms. The lowest BCUT2D eigenvalue weighted by Crippen LogP contribution is -2.17. The summed E-state index contributed by atoms with van der Waals surface area (Å²) in [6.07, 6.45) is 3.30. The van der Waals surface area contributed by atoms with Crippen LogP contribution in [0.25, 0.3) is 0 Å². The van der Waals surface area contributed by atoms with Crippen molar-refractivity contribution in [2.75, 3.05) is 26.4 Å². The third-order valence-electron chi connectivity index (χ3n) is 2.70. The molecule has 0 aliphatic heterocycles. The van der Waals surface area contributed by atoms with Gasteiger partial charge < -0.3 is 10.6 Å². The Hall–Kier alpha value is -0.680. The summed E-state index contributed by atoms with van der Waals surface area (Å²) in [6, 6.07) is 0. The summed E-state index contributed by atoms with van der Waals surface area (Å²) < 4.78 is 0.892. The van der Waals surface area contributed by atoms with Crippen molar-refractivity contribution in [2.45, 2.75) is 25.2 Å². The number of nitrogens with two attached hydrogens (primary N) is 1. The zero-order valence-electron chi connectivity index (χ0n) is 9.70. The lowest BCUT2D eigenvalue weighted by molar-refractivity contribution is 0.409. The zero-order chi connectivity index (χ0) is 11.7. The van der Waals surface area contributed by atoms with E-state index in [4.69, 9.17) is 5.73 Å². The van der Waals surface area contributed by atoms with Crippen molar-refractivity contribution in [2.24, 2.45) is 0 Å². The predicted molar refractivity (Wildman–Crippen MR) is 68.4 cm³/mol. The van der Waals surface area contributed by atoms with Crippen LogP contribution in [0, 0.1) is 0 Å². The van der Waals surface area contributed by atoms with Crippen LogP contribution in [-0.4, -0.2) is 35.5 Å².